The largest absolute Gasteiger partial charge is 0.396 e. The summed E-state index contributed by atoms with van der Waals surface area (Å²) >= 11 is 0. The maximum absolute atomic E-state index is 13.8. The Labute approximate surface area is 122 Å². The molecule has 0 aliphatic carbocycles. The number of rotatable bonds is 7. The van der Waals surface area contributed by atoms with Crippen molar-refractivity contribution in [3.8, 4) is 0 Å². The topological polar surface area (TPSA) is 64.6 Å². The van der Waals surface area contributed by atoms with Crippen molar-refractivity contribution in [3.05, 3.63) is 35.4 Å². The van der Waals surface area contributed by atoms with E-state index in [1.54, 1.807) is 19.0 Å². The molecular formula is C14H21F2N3O2. The van der Waals surface area contributed by atoms with E-state index < -0.39 is 23.7 Å². The van der Waals surface area contributed by atoms with E-state index in [0.29, 0.717) is 13.0 Å². The van der Waals surface area contributed by atoms with E-state index >= 15 is 0 Å². The Hall–Kier alpha value is -1.73. The van der Waals surface area contributed by atoms with Gasteiger partial charge in [0.05, 0.1) is 6.04 Å². The Morgan fingerprint density at radius 2 is 1.90 bits per heavy atom. The molecular weight excluding hydrogens is 280 g/mol. The number of carbonyl (C=O) groups excluding carboxylic acids is 1. The zero-order chi connectivity index (χ0) is 15.8. The molecule has 1 aromatic carbocycles. The average Bonchev–Trinajstić information content (AvgIpc) is 2.41. The van der Waals surface area contributed by atoms with E-state index in [1.165, 1.54) is 18.2 Å². The number of aliphatic hydroxyl groups excluding tert-OH is 1. The van der Waals surface area contributed by atoms with Crippen LogP contribution in [0, 0.1) is 11.6 Å². The van der Waals surface area contributed by atoms with Crippen LogP contribution >= 0.6 is 0 Å². The first-order chi connectivity index (χ1) is 9.97. The van der Waals surface area contributed by atoms with Gasteiger partial charge in [-0.3, -0.25) is 0 Å². The molecule has 0 saturated heterocycles. The molecule has 0 saturated carbocycles. The molecule has 0 aromatic heterocycles. The molecule has 118 valence electrons. The van der Waals surface area contributed by atoms with Crippen LogP contribution in [0.3, 0.4) is 0 Å². The van der Waals surface area contributed by atoms with Crippen LogP contribution < -0.4 is 10.6 Å². The number of urea groups is 1. The number of hydrogen-bond acceptors (Lipinski definition) is 3. The van der Waals surface area contributed by atoms with E-state index in [9.17, 15) is 13.6 Å². The first-order valence-corrected chi connectivity index (χ1v) is 6.70. The van der Waals surface area contributed by atoms with Crippen LogP contribution in [0.2, 0.25) is 0 Å². The van der Waals surface area contributed by atoms with Gasteiger partial charge in [-0.1, -0.05) is 6.07 Å². The zero-order valence-corrected chi connectivity index (χ0v) is 12.2. The van der Waals surface area contributed by atoms with Crippen molar-refractivity contribution in [2.24, 2.45) is 0 Å². The molecule has 0 heterocycles. The van der Waals surface area contributed by atoms with Gasteiger partial charge in [0.2, 0.25) is 0 Å². The fraction of sp³-hybridized carbons (Fsp3) is 0.500. The van der Waals surface area contributed by atoms with Gasteiger partial charge in [0, 0.05) is 25.3 Å². The molecule has 21 heavy (non-hydrogen) atoms. The highest BCUT2D eigenvalue weighted by Crippen LogP contribution is 2.23. The predicted molar refractivity (Wildman–Crippen MR) is 75.9 cm³/mol. The van der Waals surface area contributed by atoms with Crippen LogP contribution in [0.15, 0.2) is 18.2 Å². The monoisotopic (exact) mass is 301 g/mol. The summed E-state index contributed by atoms with van der Waals surface area (Å²) in [5, 5.41) is 13.7. The number of halogens is 2. The molecule has 3 N–H and O–H groups in total. The first-order valence-electron chi connectivity index (χ1n) is 6.70. The normalized spacial score (nSPS) is 12.3. The Bertz CT molecular complexity index is 449. The van der Waals surface area contributed by atoms with E-state index in [0.717, 1.165) is 0 Å². The standard InChI is InChI=1S/C14H21F2N3O2/c1-19(2)12(9-18-14(21)17-7-4-8-20)13-10(15)5-3-6-11(13)16/h3,5-6,12,20H,4,7-9H2,1-2H3,(H2,17,18,21). The van der Waals surface area contributed by atoms with E-state index in [1.807, 2.05) is 0 Å². The third kappa shape index (κ3) is 5.28. The Kier molecular flexibility index (Phi) is 7.04. The second-order valence-electron chi connectivity index (χ2n) is 4.83. The maximum atomic E-state index is 13.8. The Balaban J connectivity index is 2.69. The fourth-order valence-electron chi connectivity index (χ4n) is 1.90. The summed E-state index contributed by atoms with van der Waals surface area (Å²) in [6.07, 6.45) is 0.451. The van der Waals surface area contributed by atoms with E-state index in [4.69, 9.17) is 5.11 Å². The highest BCUT2D eigenvalue weighted by atomic mass is 19.1. The second-order valence-corrected chi connectivity index (χ2v) is 4.83. The number of benzene rings is 1. The van der Waals surface area contributed by atoms with Crippen molar-refractivity contribution >= 4 is 6.03 Å². The second kappa shape index (κ2) is 8.53. The molecule has 0 bridgehead atoms. The van der Waals surface area contributed by atoms with Crippen LogP contribution in [0.25, 0.3) is 0 Å². The van der Waals surface area contributed by atoms with Crippen molar-refractivity contribution in [3.63, 3.8) is 0 Å². The lowest BCUT2D eigenvalue weighted by molar-refractivity contribution is 0.228. The van der Waals surface area contributed by atoms with Crippen molar-refractivity contribution in [2.75, 3.05) is 33.8 Å². The number of nitrogens with one attached hydrogen (secondary N) is 2. The van der Waals surface area contributed by atoms with E-state index in [-0.39, 0.29) is 18.7 Å². The minimum atomic E-state index is -0.642. The lowest BCUT2D eigenvalue weighted by atomic mass is 10.0. The summed E-state index contributed by atoms with van der Waals surface area (Å²) in [5.74, 6) is -1.28. The summed E-state index contributed by atoms with van der Waals surface area (Å²) < 4.78 is 27.6. The first kappa shape index (κ1) is 17.3. The molecule has 1 rings (SSSR count). The van der Waals surface area contributed by atoms with Crippen LogP contribution in [0.5, 0.6) is 0 Å². The summed E-state index contributed by atoms with van der Waals surface area (Å²) in [7, 11) is 3.36. The summed E-state index contributed by atoms with van der Waals surface area (Å²) in [6, 6.07) is 2.63. The lowest BCUT2D eigenvalue weighted by Gasteiger charge is -2.25. The van der Waals surface area contributed by atoms with Crippen LogP contribution in [0.1, 0.15) is 18.0 Å². The summed E-state index contributed by atoms with van der Waals surface area (Å²) in [6.45, 7) is 0.389. The average molecular weight is 301 g/mol. The van der Waals surface area contributed by atoms with Gasteiger partial charge in [-0.2, -0.15) is 0 Å². The fourth-order valence-corrected chi connectivity index (χ4v) is 1.90. The number of aliphatic hydroxyl groups is 1. The zero-order valence-electron chi connectivity index (χ0n) is 12.2. The molecule has 5 nitrogen and oxygen atoms in total. The third-order valence-corrected chi connectivity index (χ3v) is 3.03. The van der Waals surface area contributed by atoms with Crippen molar-refractivity contribution in [2.45, 2.75) is 12.5 Å². The number of likely N-dealkylation sites (N-methyl/N-ethyl adjacent to an activating group) is 1. The molecule has 0 fully saturated rings. The van der Waals surface area contributed by atoms with Crippen molar-refractivity contribution in [1.82, 2.24) is 15.5 Å². The number of carbonyl (C=O) groups is 1. The van der Waals surface area contributed by atoms with Gasteiger partial charge in [0.15, 0.2) is 0 Å². The van der Waals surface area contributed by atoms with Gasteiger partial charge >= 0.3 is 6.03 Å². The van der Waals surface area contributed by atoms with Crippen LogP contribution in [-0.2, 0) is 0 Å². The molecule has 1 atom stereocenters. The van der Waals surface area contributed by atoms with Gasteiger partial charge in [-0.25, -0.2) is 13.6 Å². The Morgan fingerprint density at radius 3 is 2.43 bits per heavy atom. The molecule has 1 unspecified atom stereocenters. The van der Waals surface area contributed by atoms with E-state index in [2.05, 4.69) is 10.6 Å². The van der Waals surface area contributed by atoms with Crippen LogP contribution in [0.4, 0.5) is 13.6 Å². The molecule has 7 heteroatoms. The minimum absolute atomic E-state index is 0.0129. The summed E-state index contributed by atoms with van der Waals surface area (Å²) in [5.41, 5.74) is -0.0711. The van der Waals surface area contributed by atoms with Gasteiger partial charge < -0.3 is 20.6 Å². The predicted octanol–water partition coefficient (Wildman–Crippen LogP) is 1.25. The summed E-state index contributed by atoms with van der Waals surface area (Å²) in [4.78, 5) is 13.2. The number of amides is 2. The molecule has 1 aromatic rings. The molecule has 2 amide bonds. The SMILES string of the molecule is CN(C)C(CNC(=O)NCCCO)c1c(F)cccc1F. The Morgan fingerprint density at radius 1 is 1.29 bits per heavy atom. The van der Waals surface area contributed by atoms with Gasteiger partial charge in [0.1, 0.15) is 11.6 Å². The number of hydrogen-bond donors (Lipinski definition) is 3. The van der Waals surface area contributed by atoms with Crippen LogP contribution in [-0.4, -0.2) is 49.8 Å². The van der Waals surface area contributed by atoms with Crippen molar-refractivity contribution in [1.29, 1.82) is 0 Å². The van der Waals surface area contributed by atoms with Crippen molar-refractivity contribution < 1.29 is 18.7 Å². The van der Waals surface area contributed by atoms with Gasteiger partial charge in [-0.05, 0) is 32.6 Å². The maximum Gasteiger partial charge on any atom is 0.314 e. The molecule has 0 aliphatic rings. The quantitative estimate of drug-likeness (QED) is 0.664. The lowest BCUT2D eigenvalue weighted by Crippen LogP contribution is -2.41. The molecule has 0 radical (unpaired) electrons. The molecule has 0 aliphatic heterocycles. The third-order valence-electron chi connectivity index (χ3n) is 3.03. The van der Waals surface area contributed by atoms with Gasteiger partial charge in [0.25, 0.3) is 0 Å². The number of nitrogens with zero attached hydrogens (tertiary/aromatic N) is 1. The molecule has 0 spiro atoms. The smallest absolute Gasteiger partial charge is 0.314 e. The minimum Gasteiger partial charge on any atom is -0.396 e. The highest BCUT2D eigenvalue weighted by Gasteiger charge is 2.22. The van der Waals surface area contributed by atoms with Gasteiger partial charge in [-0.15, -0.1) is 0 Å². The highest BCUT2D eigenvalue weighted by molar-refractivity contribution is 5.73.